The highest BCUT2D eigenvalue weighted by molar-refractivity contribution is 7.89. The van der Waals surface area contributed by atoms with E-state index in [0.29, 0.717) is 24.2 Å². The molecule has 1 saturated heterocycles. The van der Waals surface area contributed by atoms with Crippen LogP contribution in [0.5, 0.6) is 0 Å². The molecule has 1 heterocycles. The third-order valence-corrected chi connectivity index (χ3v) is 4.58. The number of methoxy groups -OCH3 is 1. The second-order valence-electron chi connectivity index (χ2n) is 5.31. The SMILES string of the molecule is COC1CCN(C(=O)c2cc(C)cc(S(N)(=O)=O)c2)CC1. The number of carbonyl (C=O) groups is 1. The highest BCUT2D eigenvalue weighted by Gasteiger charge is 2.24. The van der Waals surface area contributed by atoms with Crippen LogP contribution >= 0.6 is 0 Å². The van der Waals surface area contributed by atoms with Crippen molar-refractivity contribution in [1.29, 1.82) is 0 Å². The Morgan fingerprint density at radius 2 is 1.90 bits per heavy atom. The molecule has 0 atom stereocenters. The lowest BCUT2D eigenvalue weighted by atomic mass is 10.1. The third kappa shape index (κ3) is 3.81. The average Bonchev–Trinajstić information content (AvgIpc) is 2.45. The Labute approximate surface area is 124 Å². The fourth-order valence-electron chi connectivity index (χ4n) is 2.51. The number of primary sulfonamides is 1. The lowest BCUT2D eigenvalue weighted by Crippen LogP contribution is -2.40. The Balaban J connectivity index is 2.22. The fourth-order valence-corrected chi connectivity index (χ4v) is 3.15. The molecule has 0 bridgehead atoms. The topological polar surface area (TPSA) is 89.7 Å². The smallest absolute Gasteiger partial charge is 0.253 e. The van der Waals surface area contributed by atoms with E-state index in [0.717, 1.165) is 12.8 Å². The molecule has 2 N–H and O–H groups in total. The zero-order chi connectivity index (χ0) is 15.6. The van der Waals surface area contributed by atoms with Crippen LogP contribution in [-0.4, -0.2) is 45.5 Å². The maximum Gasteiger partial charge on any atom is 0.253 e. The number of sulfonamides is 1. The van der Waals surface area contributed by atoms with Gasteiger partial charge in [0.2, 0.25) is 10.0 Å². The van der Waals surface area contributed by atoms with Gasteiger partial charge in [-0.05, 0) is 43.5 Å². The summed E-state index contributed by atoms with van der Waals surface area (Å²) in [4.78, 5) is 14.2. The molecular formula is C14H20N2O4S. The summed E-state index contributed by atoms with van der Waals surface area (Å²) in [7, 11) is -2.15. The molecule has 0 saturated carbocycles. The number of aryl methyl sites for hydroxylation is 1. The number of carbonyl (C=O) groups excluding carboxylic acids is 1. The molecule has 6 nitrogen and oxygen atoms in total. The summed E-state index contributed by atoms with van der Waals surface area (Å²) in [6, 6.07) is 4.48. The molecule has 0 spiro atoms. The van der Waals surface area contributed by atoms with Crippen LogP contribution in [0.15, 0.2) is 23.1 Å². The van der Waals surface area contributed by atoms with E-state index in [1.165, 1.54) is 12.1 Å². The first-order valence-corrected chi connectivity index (χ1v) is 8.32. The summed E-state index contributed by atoms with van der Waals surface area (Å²) in [5.74, 6) is -0.168. The predicted molar refractivity (Wildman–Crippen MR) is 78.5 cm³/mol. The van der Waals surface area contributed by atoms with E-state index < -0.39 is 10.0 Å². The summed E-state index contributed by atoms with van der Waals surface area (Å²) in [6.07, 6.45) is 1.76. The van der Waals surface area contributed by atoms with Gasteiger partial charge in [-0.15, -0.1) is 0 Å². The highest BCUT2D eigenvalue weighted by Crippen LogP contribution is 2.19. The average molecular weight is 312 g/mol. The third-order valence-electron chi connectivity index (χ3n) is 3.69. The van der Waals surface area contributed by atoms with Crippen LogP contribution in [0, 0.1) is 6.92 Å². The largest absolute Gasteiger partial charge is 0.381 e. The van der Waals surface area contributed by atoms with Crippen LogP contribution in [0.2, 0.25) is 0 Å². The molecule has 1 amide bonds. The minimum absolute atomic E-state index is 0.0300. The van der Waals surface area contributed by atoms with Gasteiger partial charge in [-0.25, -0.2) is 13.6 Å². The molecule has 116 valence electrons. The molecule has 2 rings (SSSR count). The molecular weight excluding hydrogens is 292 g/mol. The molecule has 21 heavy (non-hydrogen) atoms. The predicted octanol–water partition coefficient (Wildman–Crippen LogP) is 0.893. The minimum Gasteiger partial charge on any atom is -0.381 e. The number of ether oxygens (including phenoxy) is 1. The molecule has 1 aliphatic rings. The zero-order valence-electron chi connectivity index (χ0n) is 12.2. The number of rotatable bonds is 3. The summed E-state index contributed by atoms with van der Waals surface area (Å²) in [5, 5.41) is 5.14. The Kier molecular flexibility index (Phi) is 4.65. The van der Waals surface area contributed by atoms with Crippen molar-refractivity contribution >= 4 is 15.9 Å². The summed E-state index contributed by atoms with van der Waals surface area (Å²) in [6.45, 7) is 2.95. The van der Waals surface area contributed by atoms with Crippen LogP contribution in [0.3, 0.4) is 0 Å². The molecule has 1 aliphatic heterocycles. The lowest BCUT2D eigenvalue weighted by Gasteiger charge is -2.31. The Hall–Kier alpha value is -1.44. The van der Waals surface area contributed by atoms with Gasteiger partial charge in [-0.3, -0.25) is 4.79 Å². The first-order valence-electron chi connectivity index (χ1n) is 6.78. The minimum atomic E-state index is -3.82. The molecule has 0 radical (unpaired) electrons. The van der Waals surface area contributed by atoms with Crippen molar-refractivity contribution in [2.45, 2.75) is 30.8 Å². The van der Waals surface area contributed by atoms with E-state index >= 15 is 0 Å². The molecule has 0 aliphatic carbocycles. The Morgan fingerprint density at radius 1 is 1.29 bits per heavy atom. The van der Waals surface area contributed by atoms with Gasteiger partial charge < -0.3 is 9.64 Å². The molecule has 1 aromatic carbocycles. The molecule has 0 unspecified atom stereocenters. The lowest BCUT2D eigenvalue weighted by molar-refractivity contribution is 0.0350. The van der Waals surface area contributed by atoms with E-state index in [4.69, 9.17) is 9.88 Å². The summed E-state index contributed by atoms with van der Waals surface area (Å²) in [5.41, 5.74) is 1.05. The van der Waals surface area contributed by atoms with Crippen molar-refractivity contribution < 1.29 is 17.9 Å². The number of likely N-dealkylation sites (tertiary alicyclic amines) is 1. The van der Waals surface area contributed by atoms with E-state index in [-0.39, 0.29) is 16.9 Å². The van der Waals surface area contributed by atoms with Gasteiger partial charge in [0.1, 0.15) is 0 Å². The van der Waals surface area contributed by atoms with Crippen LogP contribution < -0.4 is 5.14 Å². The molecule has 7 heteroatoms. The summed E-state index contributed by atoms with van der Waals surface area (Å²) < 4.78 is 28.2. The van der Waals surface area contributed by atoms with E-state index in [1.807, 2.05) is 0 Å². The van der Waals surface area contributed by atoms with Crippen LogP contribution in [-0.2, 0) is 14.8 Å². The number of nitrogens with two attached hydrogens (primary N) is 1. The van der Waals surface area contributed by atoms with Crippen molar-refractivity contribution in [3.05, 3.63) is 29.3 Å². The number of nitrogens with zero attached hydrogens (tertiary/aromatic N) is 1. The molecule has 1 aromatic rings. The second kappa shape index (κ2) is 6.13. The van der Waals surface area contributed by atoms with Gasteiger partial charge in [0.05, 0.1) is 11.0 Å². The maximum absolute atomic E-state index is 12.5. The van der Waals surface area contributed by atoms with Gasteiger partial charge >= 0.3 is 0 Å². The molecule has 0 aromatic heterocycles. The van der Waals surface area contributed by atoms with Crippen molar-refractivity contribution in [3.63, 3.8) is 0 Å². The summed E-state index contributed by atoms with van der Waals surface area (Å²) >= 11 is 0. The van der Waals surface area contributed by atoms with Gasteiger partial charge in [0.25, 0.3) is 5.91 Å². The van der Waals surface area contributed by atoms with Crippen molar-refractivity contribution in [3.8, 4) is 0 Å². The van der Waals surface area contributed by atoms with E-state index in [1.54, 1.807) is 25.0 Å². The van der Waals surface area contributed by atoms with E-state index in [9.17, 15) is 13.2 Å². The molecule has 1 fully saturated rings. The Bertz CT molecular complexity index is 634. The van der Waals surface area contributed by atoms with Gasteiger partial charge in [0.15, 0.2) is 0 Å². The van der Waals surface area contributed by atoms with Crippen molar-refractivity contribution in [2.24, 2.45) is 5.14 Å². The van der Waals surface area contributed by atoms with Gasteiger partial charge in [-0.1, -0.05) is 0 Å². The van der Waals surface area contributed by atoms with Crippen molar-refractivity contribution in [2.75, 3.05) is 20.2 Å². The van der Waals surface area contributed by atoms with Crippen molar-refractivity contribution in [1.82, 2.24) is 4.90 Å². The van der Waals surface area contributed by atoms with Gasteiger partial charge in [0, 0.05) is 25.8 Å². The van der Waals surface area contributed by atoms with Gasteiger partial charge in [-0.2, -0.15) is 0 Å². The fraction of sp³-hybridized carbons (Fsp3) is 0.500. The van der Waals surface area contributed by atoms with Crippen LogP contribution in [0.4, 0.5) is 0 Å². The first-order chi connectivity index (χ1) is 9.81. The second-order valence-corrected chi connectivity index (χ2v) is 6.87. The quantitative estimate of drug-likeness (QED) is 0.897. The monoisotopic (exact) mass is 312 g/mol. The van der Waals surface area contributed by atoms with Crippen LogP contribution in [0.1, 0.15) is 28.8 Å². The standard InChI is InChI=1S/C14H20N2O4S/c1-10-7-11(9-13(8-10)21(15,18)19)14(17)16-5-3-12(20-2)4-6-16/h7-9,12H,3-6H2,1-2H3,(H2,15,18,19). The maximum atomic E-state index is 12.5. The Morgan fingerprint density at radius 3 is 2.43 bits per heavy atom. The normalized spacial score (nSPS) is 17.0. The van der Waals surface area contributed by atoms with E-state index in [2.05, 4.69) is 0 Å². The first kappa shape index (κ1) is 15.9. The zero-order valence-corrected chi connectivity index (χ0v) is 13.0. The number of hydrogen-bond donors (Lipinski definition) is 1. The number of amides is 1. The number of piperidine rings is 1. The highest BCUT2D eigenvalue weighted by atomic mass is 32.2. The van der Waals surface area contributed by atoms with Crippen LogP contribution in [0.25, 0.3) is 0 Å². The number of benzene rings is 1. The number of hydrogen-bond acceptors (Lipinski definition) is 4.